The first-order valence-corrected chi connectivity index (χ1v) is 7.21. The second-order valence-corrected chi connectivity index (χ2v) is 4.69. The van der Waals surface area contributed by atoms with E-state index < -0.39 is 0 Å². The number of nitrogens with one attached hydrogen (secondary N) is 4. The Labute approximate surface area is 117 Å². The van der Waals surface area contributed by atoms with Crippen LogP contribution in [0.3, 0.4) is 0 Å². The fourth-order valence-corrected chi connectivity index (χ4v) is 1.73. The summed E-state index contributed by atoms with van der Waals surface area (Å²) in [5, 5.41) is 12.5. The SMILES string of the molecule is CC/C=C(/CNCCC)NCC(=O)NC(C)CNC. The van der Waals surface area contributed by atoms with E-state index in [1.807, 2.05) is 14.0 Å². The third-order valence-electron chi connectivity index (χ3n) is 2.59. The molecule has 19 heavy (non-hydrogen) atoms. The van der Waals surface area contributed by atoms with Crippen LogP contribution in [0.4, 0.5) is 0 Å². The number of carbonyl (C=O) groups is 1. The molecule has 0 saturated carbocycles. The van der Waals surface area contributed by atoms with Crippen molar-refractivity contribution in [2.24, 2.45) is 0 Å². The van der Waals surface area contributed by atoms with Gasteiger partial charge in [-0.2, -0.15) is 0 Å². The van der Waals surface area contributed by atoms with E-state index in [0.717, 1.165) is 38.2 Å². The molecule has 0 rings (SSSR count). The minimum Gasteiger partial charge on any atom is -0.379 e. The molecular formula is C14H30N4O. The minimum atomic E-state index is 0.0280. The molecule has 0 aromatic carbocycles. The molecule has 1 atom stereocenters. The van der Waals surface area contributed by atoms with Crippen LogP contribution in [0.2, 0.25) is 0 Å². The normalized spacial score (nSPS) is 13.2. The van der Waals surface area contributed by atoms with Gasteiger partial charge in [0.2, 0.25) is 5.91 Å². The molecule has 5 heteroatoms. The molecule has 0 radical (unpaired) electrons. The highest BCUT2D eigenvalue weighted by Crippen LogP contribution is 1.91. The smallest absolute Gasteiger partial charge is 0.239 e. The van der Waals surface area contributed by atoms with Gasteiger partial charge in [-0.1, -0.05) is 19.9 Å². The summed E-state index contributed by atoms with van der Waals surface area (Å²) in [6, 6.07) is 0.149. The van der Waals surface area contributed by atoms with Crippen molar-refractivity contribution in [1.82, 2.24) is 21.3 Å². The average Bonchev–Trinajstić information content (AvgIpc) is 2.36. The van der Waals surface area contributed by atoms with Gasteiger partial charge in [-0.3, -0.25) is 4.79 Å². The Kier molecular flexibility index (Phi) is 11.3. The number of allylic oxidation sites excluding steroid dienone is 1. The van der Waals surface area contributed by atoms with Gasteiger partial charge in [0.1, 0.15) is 0 Å². The maximum absolute atomic E-state index is 11.7. The number of carbonyl (C=O) groups excluding carboxylic acids is 1. The van der Waals surface area contributed by atoms with Crippen molar-refractivity contribution in [1.29, 1.82) is 0 Å². The molecule has 0 bridgehead atoms. The van der Waals surface area contributed by atoms with Crippen LogP contribution in [0.25, 0.3) is 0 Å². The van der Waals surface area contributed by atoms with E-state index in [1.54, 1.807) is 0 Å². The molecule has 0 aliphatic heterocycles. The highest BCUT2D eigenvalue weighted by molar-refractivity contribution is 5.78. The standard InChI is InChI=1S/C14H30N4O/c1-5-7-13(10-16-8-6-2)17-11-14(19)18-12(3)9-15-4/h7,12,15-17H,5-6,8-11H2,1-4H3,(H,18,19)/b13-7-. The fraction of sp³-hybridized carbons (Fsp3) is 0.786. The summed E-state index contributed by atoms with van der Waals surface area (Å²) in [4.78, 5) is 11.7. The predicted molar refractivity (Wildman–Crippen MR) is 81.1 cm³/mol. The second kappa shape index (κ2) is 12.0. The number of rotatable bonds is 11. The van der Waals surface area contributed by atoms with Crippen molar-refractivity contribution in [2.75, 3.05) is 33.2 Å². The van der Waals surface area contributed by atoms with Gasteiger partial charge in [0, 0.05) is 24.8 Å². The molecule has 0 fully saturated rings. The maximum atomic E-state index is 11.7. The molecular weight excluding hydrogens is 240 g/mol. The highest BCUT2D eigenvalue weighted by Gasteiger charge is 2.06. The molecule has 1 unspecified atom stereocenters. The van der Waals surface area contributed by atoms with Crippen LogP contribution in [0.1, 0.15) is 33.6 Å². The average molecular weight is 270 g/mol. The first-order valence-electron chi connectivity index (χ1n) is 7.21. The molecule has 5 nitrogen and oxygen atoms in total. The number of hydrogen-bond acceptors (Lipinski definition) is 4. The molecule has 0 aliphatic carbocycles. The van der Waals surface area contributed by atoms with Crippen molar-refractivity contribution in [3.63, 3.8) is 0 Å². The van der Waals surface area contributed by atoms with E-state index in [0.29, 0.717) is 6.54 Å². The van der Waals surface area contributed by atoms with Gasteiger partial charge in [0.15, 0.2) is 0 Å². The summed E-state index contributed by atoms with van der Waals surface area (Å²) in [5.74, 6) is 0.0280. The Bertz CT molecular complexity index is 266. The van der Waals surface area contributed by atoms with Crippen LogP contribution in [0.15, 0.2) is 11.8 Å². The first-order chi connectivity index (χ1) is 9.13. The number of likely N-dealkylation sites (N-methyl/N-ethyl adjacent to an activating group) is 1. The third kappa shape index (κ3) is 10.5. The number of amides is 1. The van der Waals surface area contributed by atoms with Crippen molar-refractivity contribution in [3.05, 3.63) is 11.8 Å². The highest BCUT2D eigenvalue weighted by atomic mass is 16.1. The zero-order valence-corrected chi connectivity index (χ0v) is 12.8. The summed E-state index contributed by atoms with van der Waals surface area (Å²) < 4.78 is 0. The molecule has 0 aromatic rings. The Hall–Kier alpha value is -1.07. The molecule has 1 amide bonds. The van der Waals surface area contributed by atoms with E-state index >= 15 is 0 Å². The first kappa shape index (κ1) is 17.9. The topological polar surface area (TPSA) is 65.2 Å². The molecule has 0 aliphatic rings. The zero-order valence-electron chi connectivity index (χ0n) is 12.8. The van der Waals surface area contributed by atoms with Gasteiger partial charge >= 0.3 is 0 Å². The van der Waals surface area contributed by atoms with Crippen LogP contribution in [0, 0.1) is 0 Å². The summed E-state index contributed by atoms with van der Waals surface area (Å²) in [6.45, 7) is 9.11. The Morgan fingerprint density at radius 1 is 1.26 bits per heavy atom. The predicted octanol–water partition coefficient (Wildman–Crippen LogP) is 0.594. The van der Waals surface area contributed by atoms with Gasteiger partial charge in [0.05, 0.1) is 6.54 Å². The zero-order chi connectivity index (χ0) is 14.5. The Morgan fingerprint density at radius 2 is 2.00 bits per heavy atom. The fourth-order valence-electron chi connectivity index (χ4n) is 1.73. The van der Waals surface area contributed by atoms with Crippen molar-refractivity contribution < 1.29 is 4.79 Å². The lowest BCUT2D eigenvalue weighted by Crippen LogP contribution is -2.43. The second-order valence-electron chi connectivity index (χ2n) is 4.69. The quantitative estimate of drug-likeness (QED) is 0.415. The summed E-state index contributed by atoms with van der Waals surface area (Å²) in [6.07, 6.45) is 4.20. The summed E-state index contributed by atoms with van der Waals surface area (Å²) in [7, 11) is 1.88. The molecule has 0 aromatic heterocycles. The van der Waals surface area contributed by atoms with Gasteiger partial charge in [-0.15, -0.1) is 0 Å². The Balaban J connectivity index is 3.96. The monoisotopic (exact) mass is 270 g/mol. The summed E-state index contributed by atoms with van der Waals surface area (Å²) in [5.41, 5.74) is 1.09. The van der Waals surface area contributed by atoms with E-state index in [1.165, 1.54) is 0 Å². The van der Waals surface area contributed by atoms with E-state index in [2.05, 4.69) is 41.2 Å². The molecule has 0 heterocycles. The minimum absolute atomic E-state index is 0.0280. The van der Waals surface area contributed by atoms with Crippen molar-refractivity contribution in [2.45, 2.75) is 39.7 Å². The van der Waals surface area contributed by atoms with Gasteiger partial charge < -0.3 is 21.3 Å². The lowest BCUT2D eigenvalue weighted by atomic mass is 10.3. The molecule has 0 saturated heterocycles. The van der Waals surface area contributed by atoms with Crippen molar-refractivity contribution in [3.8, 4) is 0 Å². The summed E-state index contributed by atoms with van der Waals surface area (Å²) >= 11 is 0. The maximum Gasteiger partial charge on any atom is 0.239 e. The van der Waals surface area contributed by atoms with Crippen LogP contribution in [0.5, 0.6) is 0 Å². The largest absolute Gasteiger partial charge is 0.379 e. The lowest BCUT2D eigenvalue weighted by Gasteiger charge is -2.15. The van der Waals surface area contributed by atoms with Gasteiger partial charge in [-0.05, 0) is 33.4 Å². The van der Waals surface area contributed by atoms with Gasteiger partial charge in [-0.25, -0.2) is 0 Å². The molecule has 112 valence electrons. The Morgan fingerprint density at radius 3 is 2.58 bits per heavy atom. The van der Waals surface area contributed by atoms with Crippen LogP contribution in [-0.4, -0.2) is 45.2 Å². The number of hydrogen-bond donors (Lipinski definition) is 4. The van der Waals surface area contributed by atoms with E-state index in [4.69, 9.17) is 0 Å². The van der Waals surface area contributed by atoms with Crippen molar-refractivity contribution >= 4 is 5.91 Å². The van der Waals surface area contributed by atoms with Crippen LogP contribution in [-0.2, 0) is 4.79 Å². The van der Waals surface area contributed by atoms with Gasteiger partial charge in [0.25, 0.3) is 0 Å². The van der Waals surface area contributed by atoms with Crippen LogP contribution >= 0.6 is 0 Å². The van der Waals surface area contributed by atoms with E-state index in [9.17, 15) is 4.79 Å². The molecule has 0 spiro atoms. The van der Waals surface area contributed by atoms with E-state index in [-0.39, 0.29) is 11.9 Å². The third-order valence-corrected chi connectivity index (χ3v) is 2.59. The lowest BCUT2D eigenvalue weighted by molar-refractivity contribution is -0.120. The molecule has 4 N–H and O–H groups in total. The van der Waals surface area contributed by atoms with Crippen LogP contribution < -0.4 is 21.3 Å².